The molecule has 3 heterocycles. The third kappa shape index (κ3) is 3.77. The SMILES string of the molecule is C[C@@H]1CN(C[C@@H]2CCCN2C(=O)c2cc3ccccc3oc2=O)C[C@H](C)O1. The lowest BCUT2D eigenvalue weighted by Crippen LogP contribution is -2.51. The van der Waals surface area contributed by atoms with Crippen LogP contribution in [-0.4, -0.2) is 60.1 Å². The molecule has 2 aliphatic rings. The van der Waals surface area contributed by atoms with Crippen LogP contribution in [0.3, 0.4) is 0 Å². The summed E-state index contributed by atoms with van der Waals surface area (Å²) < 4.78 is 11.2. The minimum atomic E-state index is -0.557. The van der Waals surface area contributed by atoms with Gasteiger partial charge >= 0.3 is 5.63 Å². The van der Waals surface area contributed by atoms with E-state index in [9.17, 15) is 9.59 Å². The Kier molecular flexibility index (Phi) is 5.02. The molecule has 6 heteroatoms. The molecule has 0 radical (unpaired) electrons. The lowest BCUT2D eigenvalue weighted by molar-refractivity contribution is -0.0715. The summed E-state index contributed by atoms with van der Waals surface area (Å²) in [5.74, 6) is -0.216. The quantitative estimate of drug-likeness (QED) is 0.777. The van der Waals surface area contributed by atoms with E-state index in [2.05, 4.69) is 18.7 Å². The van der Waals surface area contributed by atoms with Crippen molar-refractivity contribution in [3.05, 3.63) is 46.3 Å². The topological polar surface area (TPSA) is 63.0 Å². The molecular formula is C21H26N2O4. The first-order valence-corrected chi connectivity index (χ1v) is 9.73. The van der Waals surface area contributed by atoms with E-state index in [1.54, 1.807) is 12.1 Å². The van der Waals surface area contributed by atoms with Crippen molar-refractivity contribution >= 4 is 16.9 Å². The van der Waals surface area contributed by atoms with Crippen molar-refractivity contribution in [1.29, 1.82) is 0 Å². The number of fused-ring (bicyclic) bond motifs is 1. The van der Waals surface area contributed by atoms with Crippen LogP contribution in [0, 0.1) is 0 Å². The normalized spacial score (nSPS) is 26.6. The van der Waals surface area contributed by atoms with E-state index >= 15 is 0 Å². The summed E-state index contributed by atoms with van der Waals surface area (Å²) in [4.78, 5) is 29.7. The zero-order valence-electron chi connectivity index (χ0n) is 15.9. The molecule has 3 atom stereocenters. The minimum Gasteiger partial charge on any atom is -0.422 e. The van der Waals surface area contributed by atoms with Crippen LogP contribution in [0.5, 0.6) is 0 Å². The number of carbonyl (C=O) groups excluding carboxylic acids is 1. The first-order chi connectivity index (χ1) is 13.0. The summed E-state index contributed by atoms with van der Waals surface area (Å²) in [6.07, 6.45) is 2.33. The van der Waals surface area contributed by atoms with Crippen LogP contribution in [-0.2, 0) is 4.74 Å². The van der Waals surface area contributed by atoms with E-state index in [1.165, 1.54) is 0 Å². The highest BCUT2D eigenvalue weighted by molar-refractivity contribution is 5.97. The molecule has 0 unspecified atom stereocenters. The van der Waals surface area contributed by atoms with Crippen LogP contribution in [0.1, 0.15) is 37.0 Å². The predicted octanol–water partition coefficient (Wildman–Crippen LogP) is 2.51. The highest BCUT2D eigenvalue weighted by Crippen LogP contribution is 2.23. The van der Waals surface area contributed by atoms with Crippen LogP contribution < -0.4 is 5.63 Å². The Morgan fingerprint density at radius 3 is 2.70 bits per heavy atom. The third-order valence-corrected chi connectivity index (χ3v) is 5.47. The molecule has 1 aromatic carbocycles. The second kappa shape index (κ2) is 7.44. The average Bonchev–Trinajstić information content (AvgIpc) is 3.07. The minimum absolute atomic E-state index is 0.126. The second-order valence-electron chi connectivity index (χ2n) is 7.76. The highest BCUT2D eigenvalue weighted by atomic mass is 16.5. The van der Waals surface area contributed by atoms with Crippen molar-refractivity contribution in [2.75, 3.05) is 26.2 Å². The maximum absolute atomic E-state index is 13.1. The Balaban J connectivity index is 1.54. The van der Waals surface area contributed by atoms with E-state index in [0.717, 1.165) is 37.9 Å². The van der Waals surface area contributed by atoms with Crippen LogP contribution in [0.2, 0.25) is 0 Å². The molecule has 2 aliphatic heterocycles. The molecule has 144 valence electrons. The molecule has 0 bridgehead atoms. The van der Waals surface area contributed by atoms with E-state index < -0.39 is 5.63 Å². The number of hydrogen-bond acceptors (Lipinski definition) is 5. The standard InChI is InChI=1S/C21H26N2O4/c1-14-11-22(12-15(2)26-14)13-17-7-5-9-23(17)20(24)18-10-16-6-3-4-8-19(16)27-21(18)25/h3-4,6,8,10,14-15,17H,5,7,9,11-13H2,1-2H3/t14-,15+,17-/m0/s1. The molecule has 2 saturated heterocycles. The number of rotatable bonds is 3. The molecule has 0 aliphatic carbocycles. The number of hydrogen-bond donors (Lipinski definition) is 0. The Morgan fingerprint density at radius 2 is 1.93 bits per heavy atom. The average molecular weight is 370 g/mol. The number of morpholine rings is 1. The smallest absolute Gasteiger partial charge is 0.349 e. The van der Waals surface area contributed by atoms with Gasteiger partial charge < -0.3 is 14.1 Å². The summed E-state index contributed by atoms with van der Waals surface area (Å²) in [5, 5.41) is 0.770. The third-order valence-electron chi connectivity index (χ3n) is 5.47. The largest absolute Gasteiger partial charge is 0.422 e. The van der Waals surface area contributed by atoms with Gasteiger partial charge in [0.05, 0.1) is 12.2 Å². The number of likely N-dealkylation sites (tertiary alicyclic amines) is 1. The van der Waals surface area contributed by atoms with Crippen molar-refractivity contribution in [3.8, 4) is 0 Å². The Hall–Kier alpha value is -2.18. The molecule has 2 aromatic rings. The number of nitrogens with zero attached hydrogens (tertiary/aromatic N) is 2. The lowest BCUT2D eigenvalue weighted by atomic mass is 10.1. The summed E-state index contributed by atoms with van der Waals surface area (Å²) >= 11 is 0. The fraction of sp³-hybridized carbons (Fsp3) is 0.524. The van der Waals surface area contributed by atoms with Gasteiger partial charge in [-0.05, 0) is 38.8 Å². The number of benzene rings is 1. The molecule has 6 nitrogen and oxygen atoms in total. The van der Waals surface area contributed by atoms with E-state index in [-0.39, 0.29) is 29.7 Å². The summed E-state index contributed by atoms with van der Waals surface area (Å²) in [6.45, 7) is 7.43. The van der Waals surface area contributed by atoms with Crippen LogP contribution in [0.25, 0.3) is 11.0 Å². The fourth-order valence-corrected chi connectivity index (χ4v) is 4.39. The molecule has 1 aromatic heterocycles. The van der Waals surface area contributed by atoms with Crippen molar-refractivity contribution in [1.82, 2.24) is 9.80 Å². The molecular weight excluding hydrogens is 344 g/mol. The van der Waals surface area contributed by atoms with Gasteiger partial charge in [-0.25, -0.2) is 4.79 Å². The summed E-state index contributed by atoms with van der Waals surface area (Å²) in [5.41, 5.74) is 0.0793. The first-order valence-electron chi connectivity index (χ1n) is 9.73. The number of carbonyl (C=O) groups is 1. The van der Waals surface area contributed by atoms with E-state index in [4.69, 9.17) is 9.15 Å². The lowest BCUT2D eigenvalue weighted by Gasteiger charge is -2.38. The monoisotopic (exact) mass is 370 g/mol. The van der Waals surface area contributed by atoms with Gasteiger partial charge in [0.1, 0.15) is 11.1 Å². The molecule has 0 spiro atoms. The highest BCUT2D eigenvalue weighted by Gasteiger charge is 2.34. The van der Waals surface area contributed by atoms with Gasteiger partial charge in [-0.2, -0.15) is 0 Å². The van der Waals surface area contributed by atoms with E-state index in [1.807, 2.05) is 23.1 Å². The predicted molar refractivity (Wildman–Crippen MR) is 103 cm³/mol. The van der Waals surface area contributed by atoms with Gasteiger partial charge in [0.25, 0.3) is 5.91 Å². The zero-order chi connectivity index (χ0) is 19.0. The van der Waals surface area contributed by atoms with Gasteiger partial charge in [-0.1, -0.05) is 18.2 Å². The molecule has 0 N–H and O–H groups in total. The van der Waals surface area contributed by atoms with Crippen LogP contribution >= 0.6 is 0 Å². The Labute approximate surface area is 158 Å². The maximum atomic E-state index is 13.1. The van der Waals surface area contributed by atoms with Crippen molar-refractivity contribution in [2.24, 2.45) is 0 Å². The van der Waals surface area contributed by atoms with Crippen LogP contribution in [0.4, 0.5) is 0 Å². The zero-order valence-corrected chi connectivity index (χ0v) is 15.9. The van der Waals surface area contributed by atoms with Gasteiger partial charge in [-0.3, -0.25) is 9.69 Å². The van der Waals surface area contributed by atoms with Crippen molar-refractivity contribution < 1.29 is 13.9 Å². The Bertz CT molecular complexity index is 883. The number of ether oxygens (including phenoxy) is 1. The van der Waals surface area contributed by atoms with Gasteiger partial charge in [0, 0.05) is 37.6 Å². The summed E-state index contributed by atoms with van der Waals surface area (Å²) in [7, 11) is 0. The van der Waals surface area contributed by atoms with E-state index in [0.29, 0.717) is 12.1 Å². The Morgan fingerprint density at radius 1 is 1.19 bits per heavy atom. The fourth-order valence-electron chi connectivity index (χ4n) is 4.39. The van der Waals surface area contributed by atoms with Crippen molar-refractivity contribution in [2.45, 2.75) is 44.9 Å². The molecule has 2 fully saturated rings. The van der Waals surface area contributed by atoms with Crippen LogP contribution in [0.15, 0.2) is 39.5 Å². The molecule has 1 amide bonds. The molecule has 4 rings (SSSR count). The number of amides is 1. The van der Waals surface area contributed by atoms with Crippen molar-refractivity contribution in [3.63, 3.8) is 0 Å². The van der Waals surface area contributed by atoms with Gasteiger partial charge in [0.15, 0.2) is 0 Å². The maximum Gasteiger partial charge on any atom is 0.349 e. The van der Waals surface area contributed by atoms with Gasteiger partial charge in [0.2, 0.25) is 0 Å². The van der Waals surface area contributed by atoms with Gasteiger partial charge in [-0.15, -0.1) is 0 Å². The first kappa shape index (κ1) is 18.2. The molecule has 27 heavy (non-hydrogen) atoms. The number of para-hydroxylation sites is 1. The summed E-state index contributed by atoms with van der Waals surface area (Å²) in [6, 6.07) is 9.07. The second-order valence-corrected chi connectivity index (χ2v) is 7.76. The molecule has 0 saturated carbocycles.